The van der Waals surface area contributed by atoms with Crippen molar-refractivity contribution >= 4 is 35.1 Å². The second-order valence-corrected chi connectivity index (χ2v) is 4.12. The van der Waals surface area contributed by atoms with Crippen LogP contribution in [0.3, 0.4) is 0 Å². The summed E-state index contributed by atoms with van der Waals surface area (Å²) < 4.78 is 0. The average Bonchev–Trinajstić information content (AvgIpc) is 2.26. The van der Waals surface area contributed by atoms with Gasteiger partial charge in [0.25, 0.3) is 5.91 Å². The van der Waals surface area contributed by atoms with Gasteiger partial charge in [0, 0.05) is 10.7 Å². The molecule has 0 heterocycles. The molecule has 0 fully saturated rings. The number of benzene rings is 1. The summed E-state index contributed by atoms with van der Waals surface area (Å²) in [5.74, 6) is -3.43. The fourth-order valence-electron chi connectivity index (χ4n) is 1.41. The zero-order chi connectivity index (χ0) is 14.6. The van der Waals surface area contributed by atoms with E-state index >= 15 is 0 Å². The highest BCUT2D eigenvalue weighted by Gasteiger charge is 2.22. The number of carbonyl (C=O) groups is 3. The molecule has 0 saturated heterocycles. The van der Waals surface area contributed by atoms with E-state index in [0.717, 1.165) is 0 Å². The highest BCUT2D eigenvalue weighted by molar-refractivity contribution is 6.31. The van der Waals surface area contributed by atoms with Gasteiger partial charge in [-0.15, -0.1) is 0 Å². The molecule has 102 valence electrons. The third kappa shape index (κ3) is 4.14. The maximum absolute atomic E-state index is 11.2. The Morgan fingerprint density at radius 2 is 1.95 bits per heavy atom. The number of halogens is 1. The largest absolute Gasteiger partial charge is 0.481 e. The van der Waals surface area contributed by atoms with Gasteiger partial charge >= 0.3 is 11.9 Å². The van der Waals surface area contributed by atoms with Crippen molar-refractivity contribution in [3.63, 3.8) is 0 Å². The van der Waals surface area contributed by atoms with Gasteiger partial charge in [0.2, 0.25) is 0 Å². The van der Waals surface area contributed by atoms with E-state index in [2.05, 4.69) is 5.32 Å². The second-order valence-electron chi connectivity index (χ2n) is 3.69. The minimum absolute atomic E-state index is 0.0287. The van der Waals surface area contributed by atoms with Crippen LogP contribution < -0.4 is 11.1 Å². The lowest BCUT2D eigenvalue weighted by Gasteiger charge is -2.16. The van der Waals surface area contributed by atoms with Crippen LogP contribution in [-0.4, -0.2) is 34.1 Å². The highest BCUT2D eigenvalue weighted by Crippen LogP contribution is 2.22. The van der Waals surface area contributed by atoms with Gasteiger partial charge in [-0.2, -0.15) is 0 Å². The zero-order valence-electron chi connectivity index (χ0n) is 9.59. The van der Waals surface area contributed by atoms with Crippen molar-refractivity contribution in [1.29, 1.82) is 0 Å². The molecule has 0 saturated carbocycles. The molecule has 7 nitrogen and oxygen atoms in total. The van der Waals surface area contributed by atoms with Crippen molar-refractivity contribution in [2.45, 2.75) is 12.5 Å². The van der Waals surface area contributed by atoms with Crippen LogP contribution in [0.5, 0.6) is 0 Å². The van der Waals surface area contributed by atoms with E-state index in [1.54, 1.807) is 0 Å². The van der Waals surface area contributed by atoms with Crippen LogP contribution in [-0.2, 0) is 9.59 Å². The number of carboxylic acid groups (broad SMARTS) is 2. The smallest absolute Gasteiger partial charge is 0.326 e. The molecule has 0 aliphatic carbocycles. The molecule has 1 atom stereocenters. The predicted octanol–water partition coefficient (Wildman–Crippen LogP) is 0.779. The van der Waals surface area contributed by atoms with Gasteiger partial charge in [-0.3, -0.25) is 9.59 Å². The molecule has 1 rings (SSSR count). The van der Waals surface area contributed by atoms with Gasteiger partial charge < -0.3 is 21.3 Å². The SMILES string of the molecule is NC(=O)c1ccc(Cl)cc1NC(CC(=O)O)C(=O)O. The van der Waals surface area contributed by atoms with Crippen molar-refractivity contribution < 1.29 is 24.6 Å². The Hall–Kier alpha value is -2.28. The fraction of sp³-hybridized carbons (Fsp3) is 0.182. The second kappa shape index (κ2) is 6.05. The van der Waals surface area contributed by atoms with Crippen molar-refractivity contribution in [3.8, 4) is 0 Å². The molecular weight excluding hydrogens is 276 g/mol. The number of primary amides is 1. The summed E-state index contributed by atoms with van der Waals surface area (Å²) in [5.41, 5.74) is 5.24. The minimum atomic E-state index is -1.39. The molecule has 0 radical (unpaired) electrons. The van der Waals surface area contributed by atoms with E-state index < -0.39 is 30.3 Å². The number of amides is 1. The number of carboxylic acids is 2. The van der Waals surface area contributed by atoms with Crippen molar-refractivity contribution in [1.82, 2.24) is 0 Å². The van der Waals surface area contributed by atoms with Gasteiger partial charge in [0.05, 0.1) is 12.0 Å². The topological polar surface area (TPSA) is 130 Å². The normalized spacial score (nSPS) is 11.6. The maximum atomic E-state index is 11.2. The van der Waals surface area contributed by atoms with E-state index in [4.69, 9.17) is 27.5 Å². The Balaban J connectivity index is 3.07. The van der Waals surface area contributed by atoms with Crippen molar-refractivity contribution in [2.75, 3.05) is 5.32 Å². The molecule has 0 aliphatic rings. The summed E-state index contributed by atoms with van der Waals surface area (Å²) in [5, 5.41) is 20.2. The van der Waals surface area contributed by atoms with E-state index in [1.165, 1.54) is 18.2 Å². The van der Waals surface area contributed by atoms with Crippen molar-refractivity contribution in [2.24, 2.45) is 5.73 Å². The number of rotatable bonds is 6. The monoisotopic (exact) mass is 286 g/mol. The summed E-state index contributed by atoms with van der Waals surface area (Å²) in [7, 11) is 0. The molecule has 0 spiro atoms. The molecule has 1 unspecified atom stereocenters. The Kier molecular flexibility index (Phi) is 4.71. The van der Waals surface area contributed by atoms with Gasteiger partial charge in [0.1, 0.15) is 6.04 Å². The number of anilines is 1. The molecular formula is C11H11ClN2O5. The summed E-state index contributed by atoms with van der Waals surface area (Å²) in [4.78, 5) is 32.7. The summed E-state index contributed by atoms with van der Waals surface area (Å²) in [6, 6.07) is 2.65. The molecule has 1 amide bonds. The third-order valence-electron chi connectivity index (χ3n) is 2.25. The molecule has 19 heavy (non-hydrogen) atoms. The van der Waals surface area contributed by atoms with Crippen LogP contribution in [0.1, 0.15) is 16.8 Å². The molecule has 0 aliphatic heterocycles. The van der Waals surface area contributed by atoms with Crippen LogP contribution >= 0.6 is 11.6 Å². The first-order valence-electron chi connectivity index (χ1n) is 5.11. The fourth-order valence-corrected chi connectivity index (χ4v) is 1.59. The predicted molar refractivity (Wildman–Crippen MR) is 67.3 cm³/mol. The Morgan fingerprint density at radius 1 is 1.32 bits per heavy atom. The lowest BCUT2D eigenvalue weighted by Crippen LogP contribution is -2.32. The first kappa shape index (κ1) is 14.8. The quantitative estimate of drug-likeness (QED) is 0.611. The number of aliphatic carboxylic acids is 2. The van der Waals surface area contributed by atoms with Crippen LogP contribution in [0.15, 0.2) is 18.2 Å². The first-order valence-corrected chi connectivity index (χ1v) is 5.49. The van der Waals surface area contributed by atoms with Crippen LogP contribution in [0.2, 0.25) is 5.02 Å². The summed E-state index contributed by atoms with van der Waals surface area (Å²) in [6.45, 7) is 0. The number of nitrogens with one attached hydrogen (secondary N) is 1. The van der Waals surface area contributed by atoms with Gasteiger partial charge in [0.15, 0.2) is 0 Å². The van der Waals surface area contributed by atoms with E-state index in [0.29, 0.717) is 0 Å². The molecule has 1 aromatic carbocycles. The number of nitrogens with two attached hydrogens (primary N) is 1. The molecule has 8 heteroatoms. The van der Waals surface area contributed by atoms with Gasteiger partial charge in [-0.25, -0.2) is 4.79 Å². The van der Waals surface area contributed by atoms with E-state index in [-0.39, 0.29) is 16.3 Å². The lowest BCUT2D eigenvalue weighted by atomic mass is 10.1. The third-order valence-corrected chi connectivity index (χ3v) is 2.49. The molecule has 0 bridgehead atoms. The number of hydrogen-bond acceptors (Lipinski definition) is 4. The lowest BCUT2D eigenvalue weighted by molar-refractivity contribution is -0.144. The Labute approximate surface area is 113 Å². The molecule has 5 N–H and O–H groups in total. The number of hydrogen-bond donors (Lipinski definition) is 4. The zero-order valence-corrected chi connectivity index (χ0v) is 10.3. The Bertz CT molecular complexity index is 532. The standard InChI is InChI=1S/C11H11ClN2O5/c12-5-1-2-6(10(13)17)7(3-5)14-8(11(18)19)4-9(15)16/h1-3,8,14H,4H2,(H2,13,17)(H,15,16)(H,18,19). The molecule has 0 aromatic heterocycles. The van der Waals surface area contributed by atoms with Gasteiger partial charge in [-0.1, -0.05) is 11.6 Å². The first-order chi connectivity index (χ1) is 8.81. The minimum Gasteiger partial charge on any atom is -0.481 e. The van der Waals surface area contributed by atoms with Gasteiger partial charge in [-0.05, 0) is 18.2 Å². The van der Waals surface area contributed by atoms with Crippen LogP contribution in [0.25, 0.3) is 0 Å². The van der Waals surface area contributed by atoms with E-state index in [9.17, 15) is 14.4 Å². The average molecular weight is 287 g/mol. The van der Waals surface area contributed by atoms with Crippen LogP contribution in [0.4, 0.5) is 5.69 Å². The maximum Gasteiger partial charge on any atom is 0.326 e. The summed E-state index contributed by atoms with van der Waals surface area (Å²) in [6.07, 6.45) is -0.653. The number of carbonyl (C=O) groups excluding carboxylic acids is 1. The highest BCUT2D eigenvalue weighted by atomic mass is 35.5. The molecule has 1 aromatic rings. The Morgan fingerprint density at radius 3 is 2.42 bits per heavy atom. The van der Waals surface area contributed by atoms with E-state index in [1.807, 2.05) is 0 Å². The van der Waals surface area contributed by atoms with Crippen molar-refractivity contribution in [3.05, 3.63) is 28.8 Å². The summed E-state index contributed by atoms with van der Waals surface area (Å²) >= 11 is 5.73. The van der Waals surface area contributed by atoms with Crippen LogP contribution in [0, 0.1) is 0 Å².